The molecule has 0 heterocycles. The van der Waals surface area contributed by atoms with Gasteiger partial charge < -0.3 is 0 Å². The molecule has 108 valence electrons. The Kier molecular flexibility index (Phi) is 4.98. The van der Waals surface area contributed by atoms with Gasteiger partial charge in [-0.15, -0.1) is 4.48 Å². The highest BCUT2D eigenvalue weighted by Gasteiger charge is 2.37. The fourth-order valence-electron chi connectivity index (χ4n) is 1.26. The van der Waals surface area contributed by atoms with Gasteiger partial charge in [0.15, 0.2) is 0 Å². The molecular weight excluding hydrogens is 305 g/mol. The highest BCUT2D eigenvalue weighted by Crippen LogP contribution is 2.24. The molecule has 0 unspecified atom stereocenters. The first kappa shape index (κ1) is 16.3. The van der Waals surface area contributed by atoms with E-state index < -0.39 is 33.8 Å². The molecule has 5 nitrogen and oxygen atoms in total. The smallest absolute Gasteiger partial charge is 0.203 e. The summed E-state index contributed by atoms with van der Waals surface area (Å²) in [6.45, 7) is 6.46. The first-order valence-electron chi connectivity index (χ1n) is 5.25. The van der Waals surface area contributed by atoms with Crippen molar-refractivity contribution in [3.63, 3.8) is 0 Å². The van der Waals surface area contributed by atoms with Crippen LogP contribution in [-0.4, -0.2) is 20.8 Å². The van der Waals surface area contributed by atoms with Crippen molar-refractivity contribution in [3.8, 4) is 0 Å². The summed E-state index contributed by atoms with van der Waals surface area (Å²) in [4.78, 5) is -1.09. The van der Waals surface area contributed by atoms with Crippen LogP contribution in [0.5, 0.6) is 0 Å². The Morgan fingerprint density at radius 3 is 2.10 bits per heavy atom. The number of benzene rings is 1. The molecule has 1 aromatic carbocycles. The van der Waals surface area contributed by atoms with E-state index in [1.165, 1.54) is 18.2 Å². The Morgan fingerprint density at radius 1 is 1.10 bits per heavy atom. The quantitative estimate of drug-likeness (QED) is 0.595. The van der Waals surface area contributed by atoms with Gasteiger partial charge in [-0.2, -0.15) is 0 Å². The molecule has 1 aromatic rings. The maximum absolute atomic E-state index is 13.9. The summed E-state index contributed by atoms with van der Waals surface area (Å²) in [6.07, 6.45) is 2.84. The second-order valence-corrected chi connectivity index (χ2v) is 7.20. The largest absolute Gasteiger partial charge is 0.283 e. The molecule has 0 saturated carbocycles. The molecule has 0 radical (unpaired) electrons. The van der Waals surface area contributed by atoms with E-state index in [0.717, 1.165) is 30.4 Å². The van der Waals surface area contributed by atoms with Crippen LogP contribution in [0.2, 0.25) is 0 Å². The van der Waals surface area contributed by atoms with E-state index in [0.29, 0.717) is 0 Å². The van der Waals surface area contributed by atoms with Gasteiger partial charge >= 0.3 is 0 Å². The predicted octanol–water partition coefficient (Wildman–Crippen LogP) is 2.15. The van der Waals surface area contributed by atoms with Gasteiger partial charge in [-0.05, 0) is 24.3 Å². The highest BCUT2D eigenvalue weighted by molar-refractivity contribution is 8.05. The second kappa shape index (κ2) is 6.12. The first-order chi connectivity index (χ1) is 9.28. The van der Waals surface area contributed by atoms with Crippen LogP contribution in [-0.2, 0) is 20.0 Å². The molecule has 0 aliphatic rings. The van der Waals surface area contributed by atoms with Crippen LogP contribution in [0.25, 0.3) is 0 Å². The van der Waals surface area contributed by atoms with Crippen molar-refractivity contribution in [2.75, 3.05) is 0 Å². The molecular formula is C12H12FNO4S2. The molecule has 0 fully saturated rings. The number of hydrogen-bond acceptors (Lipinski definition) is 4. The molecule has 0 spiro atoms. The lowest BCUT2D eigenvalue weighted by Crippen LogP contribution is -2.30. The Morgan fingerprint density at radius 2 is 1.65 bits per heavy atom. The summed E-state index contributed by atoms with van der Waals surface area (Å²) in [6, 6.07) is 6.38. The fourth-order valence-corrected chi connectivity index (χ4v) is 4.12. The van der Waals surface area contributed by atoms with Crippen molar-refractivity contribution in [3.05, 3.63) is 66.6 Å². The molecule has 1 rings (SSSR count). The fraction of sp³-hybridized carbons (Fsp3) is 0. The summed E-state index contributed by atoms with van der Waals surface area (Å²) in [5, 5.41) is 0. The predicted molar refractivity (Wildman–Crippen MR) is 74.0 cm³/mol. The zero-order chi connectivity index (χ0) is 15.4. The Labute approximate surface area is 117 Å². The maximum Gasteiger partial charge on any atom is 0.283 e. The second-order valence-electron chi connectivity index (χ2n) is 3.48. The number of sulfonamides is 2. The zero-order valence-electron chi connectivity index (χ0n) is 10.3. The summed E-state index contributed by atoms with van der Waals surface area (Å²) in [5.41, 5.74) is 0. The molecule has 0 bridgehead atoms. The zero-order valence-corrected chi connectivity index (χ0v) is 11.9. The summed E-state index contributed by atoms with van der Waals surface area (Å²) in [7, 11) is -9.68. The third-order valence-electron chi connectivity index (χ3n) is 2.20. The number of rotatable bonds is 6. The van der Waals surface area contributed by atoms with Gasteiger partial charge in [0, 0.05) is 0 Å². The number of nitrogens with zero attached hydrogens (tertiary/aromatic N) is 1. The topological polar surface area (TPSA) is 71.5 Å². The Bertz CT molecular complexity index is 737. The van der Waals surface area contributed by atoms with Crippen LogP contribution in [0, 0.1) is 0 Å². The molecule has 0 aliphatic heterocycles. The van der Waals surface area contributed by atoms with Crippen molar-refractivity contribution in [1.82, 2.24) is 3.93 Å². The third-order valence-corrected chi connectivity index (χ3v) is 5.90. The highest BCUT2D eigenvalue weighted by atomic mass is 32.3. The van der Waals surface area contributed by atoms with E-state index in [4.69, 9.17) is 0 Å². The number of allylic oxidation sites excluding steroid dienone is 3. The van der Waals surface area contributed by atoms with E-state index >= 15 is 0 Å². The van der Waals surface area contributed by atoms with Crippen LogP contribution in [0.15, 0.2) is 71.5 Å². The monoisotopic (exact) mass is 317 g/mol. The van der Waals surface area contributed by atoms with Crippen LogP contribution in [0.4, 0.5) is 4.48 Å². The summed E-state index contributed by atoms with van der Waals surface area (Å²) in [5.74, 6) is 0. The number of hydrogen-bond donors (Lipinski definition) is 0. The van der Waals surface area contributed by atoms with Crippen LogP contribution >= 0.6 is 0 Å². The minimum atomic E-state index is -4.87. The number of halogens is 1. The molecule has 8 heteroatoms. The lowest BCUT2D eigenvalue weighted by Gasteiger charge is -2.13. The van der Waals surface area contributed by atoms with Crippen molar-refractivity contribution >= 4 is 20.0 Å². The van der Waals surface area contributed by atoms with Crippen molar-refractivity contribution in [2.24, 2.45) is 0 Å². The van der Waals surface area contributed by atoms with E-state index in [1.54, 1.807) is 0 Å². The molecule has 0 amide bonds. The van der Waals surface area contributed by atoms with Crippen LogP contribution in [0.3, 0.4) is 0 Å². The normalized spacial score (nSPS) is 13.2. The molecule has 20 heavy (non-hydrogen) atoms. The maximum atomic E-state index is 13.9. The van der Waals surface area contributed by atoms with E-state index in [-0.39, 0.29) is 0 Å². The van der Waals surface area contributed by atoms with Gasteiger partial charge in [-0.3, -0.25) is 0 Å². The van der Waals surface area contributed by atoms with Gasteiger partial charge in [0.2, 0.25) is 0 Å². The summed E-state index contributed by atoms with van der Waals surface area (Å²) >= 11 is 0. The Hall–Kier alpha value is -1.77. The van der Waals surface area contributed by atoms with Crippen molar-refractivity contribution < 1.29 is 21.3 Å². The molecule has 0 aliphatic carbocycles. The van der Waals surface area contributed by atoms with E-state index in [1.807, 2.05) is 0 Å². The first-order valence-corrected chi connectivity index (χ1v) is 8.13. The molecule has 0 atom stereocenters. The minimum Gasteiger partial charge on any atom is -0.203 e. The van der Waals surface area contributed by atoms with Gasteiger partial charge in [0.25, 0.3) is 20.0 Å². The van der Waals surface area contributed by atoms with E-state index in [9.17, 15) is 21.3 Å². The Balaban J connectivity index is 3.38. The van der Waals surface area contributed by atoms with Crippen molar-refractivity contribution in [2.45, 2.75) is 4.90 Å². The minimum absolute atomic E-state index is 0.479. The molecule has 0 saturated heterocycles. The van der Waals surface area contributed by atoms with Gasteiger partial charge in [-0.25, -0.2) is 16.8 Å². The lowest BCUT2D eigenvalue weighted by molar-refractivity contribution is 0.252. The summed E-state index contributed by atoms with van der Waals surface area (Å²) < 4.78 is 60.3. The molecule has 0 N–H and O–H groups in total. The standard InChI is InChI=1S/C12H12FNO4S2/c1-3-8-11(4-2)19(15,16)14(13)20(17,18)12-9-6-5-7-10-12/h3-10H,1-2H2/b11-8+. The van der Waals surface area contributed by atoms with Gasteiger partial charge in [-0.1, -0.05) is 37.4 Å². The molecule has 0 aromatic heterocycles. The van der Waals surface area contributed by atoms with Gasteiger partial charge in [0.1, 0.15) is 0 Å². The van der Waals surface area contributed by atoms with Crippen LogP contribution in [0.1, 0.15) is 0 Å². The average molecular weight is 317 g/mol. The van der Waals surface area contributed by atoms with Crippen molar-refractivity contribution in [1.29, 1.82) is 0 Å². The third kappa shape index (κ3) is 3.03. The van der Waals surface area contributed by atoms with E-state index in [2.05, 4.69) is 13.2 Å². The SMILES string of the molecule is C=C/C=C(\C=C)S(=O)(=O)N(F)S(=O)(=O)c1ccccc1. The van der Waals surface area contributed by atoms with Gasteiger partial charge in [0.05, 0.1) is 13.7 Å². The lowest BCUT2D eigenvalue weighted by atomic mass is 10.4. The van der Waals surface area contributed by atoms with Crippen LogP contribution < -0.4 is 0 Å². The average Bonchev–Trinajstić information content (AvgIpc) is 2.44.